The molecule has 2 unspecified atom stereocenters. The molecule has 4 heteroatoms. The van der Waals surface area contributed by atoms with Crippen LogP contribution < -0.4 is 14.8 Å². The third kappa shape index (κ3) is 3.15. The van der Waals surface area contributed by atoms with Crippen molar-refractivity contribution >= 4 is 0 Å². The van der Waals surface area contributed by atoms with Crippen LogP contribution in [0.4, 0.5) is 0 Å². The molecule has 18 heavy (non-hydrogen) atoms. The summed E-state index contributed by atoms with van der Waals surface area (Å²) in [5, 5.41) is 12.8. The molecule has 2 atom stereocenters. The lowest BCUT2D eigenvalue weighted by Crippen LogP contribution is -2.26. The van der Waals surface area contributed by atoms with Crippen LogP contribution in [0.2, 0.25) is 0 Å². The first-order chi connectivity index (χ1) is 8.85. The second-order valence-electron chi connectivity index (χ2n) is 4.66. The number of aliphatic hydroxyl groups excluding tert-OH is 1. The smallest absolute Gasteiger partial charge is 0.161 e. The summed E-state index contributed by atoms with van der Waals surface area (Å²) >= 11 is 0. The number of rotatable bonds is 6. The zero-order valence-corrected chi connectivity index (χ0v) is 10.8. The Labute approximate surface area is 108 Å². The highest BCUT2D eigenvalue weighted by Gasteiger charge is 2.25. The molecule has 1 fully saturated rings. The first kappa shape index (κ1) is 13.2. The van der Waals surface area contributed by atoms with Gasteiger partial charge < -0.3 is 19.9 Å². The predicted octanol–water partition coefficient (Wildman–Crippen LogP) is 1.29. The highest BCUT2D eigenvalue weighted by molar-refractivity contribution is 5.39. The molecule has 0 saturated carbocycles. The summed E-state index contributed by atoms with van der Waals surface area (Å²) in [6, 6.07) is 7.60. The van der Waals surface area contributed by atoms with Gasteiger partial charge in [-0.3, -0.25) is 0 Å². The first-order valence-electron chi connectivity index (χ1n) is 6.42. The van der Waals surface area contributed by atoms with Gasteiger partial charge in [0.2, 0.25) is 0 Å². The SMILES string of the molecule is COc1ccccc1OCC(CO)C1CCNC1. The number of hydrogen-bond donors (Lipinski definition) is 2. The minimum atomic E-state index is 0.168. The zero-order chi connectivity index (χ0) is 12.8. The van der Waals surface area contributed by atoms with E-state index < -0.39 is 0 Å². The molecule has 0 aliphatic carbocycles. The maximum absolute atomic E-state index is 9.45. The Bertz CT molecular complexity index is 364. The Kier molecular flexibility index (Phi) is 4.84. The fourth-order valence-electron chi connectivity index (χ4n) is 2.35. The third-order valence-corrected chi connectivity index (χ3v) is 3.52. The molecule has 1 aromatic carbocycles. The fraction of sp³-hybridized carbons (Fsp3) is 0.571. The van der Waals surface area contributed by atoms with E-state index in [-0.39, 0.29) is 12.5 Å². The van der Waals surface area contributed by atoms with Gasteiger partial charge in [0.1, 0.15) is 0 Å². The molecular formula is C14H21NO3. The van der Waals surface area contributed by atoms with Gasteiger partial charge in [-0.25, -0.2) is 0 Å². The summed E-state index contributed by atoms with van der Waals surface area (Å²) in [6.07, 6.45) is 1.11. The molecule has 2 N–H and O–H groups in total. The Morgan fingerprint density at radius 1 is 1.39 bits per heavy atom. The van der Waals surface area contributed by atoms with Gasteiger partial charge in [0.25, 0.3) is 0 Å². The van der Waals surface area contributed by atoms with Crippen LogP contribution in [0.25, 0.3) is 0 Å². The number of ether oxygens (including phenoxy) is 2. The zero-order valence-electron chi connectivity index (χ0n) is 10.8. The van der Waals surface area contributed by atoms with Crippen molar-refractivity contribution in [2.45, 2.75) is 6.42 Å². The third-order valence-electron chi connectivity index (χ3n) is 3.52. The summed E-state index contributed by atoms with van der Waals surface area (Å²) in [7, 11) is 1.63. The number of methoxy groups -OCH3 is 1. The molecule has 0 bridgehead atoms. The van der Waals surface area contributed by atoms with Crippen molar-refractivity contribution in [1.29, 1.82) is 0 Å². The van der Waals surface area contributed by atoms with Gasteiger partial charge in [0.05, 0.1) is 13.7 Å². The molecule has 2 rings (SSSR count). The number of nitrogens with one attached hydrogen (secondary N) is 1. The van der Waals surface area contributed by atoms with Crippen molar-refractivity contribution in [3.05, 3.63) is 24.3 Å². The summed E-state index contributed by atoms with van der Waals surface area (Å²) in [5.74, 6) is 2.16. The lowest BCUT2D eigenvalue weighted by Gasteiger charge is -2.21. The average molecular weight is 251 g/mol. The molecule has 0 spiro atoms. The number of hydrogen-bond acceptors (Lipinski definition) is 4. The maximum Gasteiger partial charge on any atom is 0.161 e. The average Bonchev–Trinajstić information content (AvgIpc) is 2.94. The molecule has 1 saturated heterocycles. The van der Waals surface area contributed by atoms with Gasteiger partial charge in [-0.15, -0.1) is 0 Å². The predicted molar refractivity (Wildman–Crippen MR) is 70.0 cm³/mol. The standard InChI is InChI=1S/C14H21NO3/c1-17-13-4-2-3-5-14(13)18-10-12(9-16)11-6-7-15-8-11/h2-5,11-12,15-16H,6-10H2,1H3. The quantitative estimate of drug-likeness (QED) is 0.800. The summed E-state index contributed by atoms with van der Waals surface area (Å²) in [6.45, 7) is 2.71. The van der Waals surface area contributed by atoms with Gasteiger partial charge in [-0.1, -0.05) is 12.1 Å². The minimum absolute atomic E-state index is 0.168. The largest absolute Gasteiger partial charge is 0.493 e. The van der Waals surface area contributed by atoms with Gasteiger partial charge in [-0.05, 0) is 37.6 Å². The number of benzene rings is 1. The minimum Gasteiger partial charge on any atom is -0.493 e. The lowest BCUT2D eigenvalue weighted by atomic mass is 9.93. The monoisotopic (exact) mass is 251 g/mol. The Morgan fingerprint density at radius 2 is 2.17 bits per heavy atom. The van der Waals surface area contributed by atoms with Gasteiger partial charge >= 0.3 is 0 Å². The molecule has 100 valence electrons. The van der Waals surface area contributed by atoms with Crippen molar-refractivity contribution in [2.75, 3.05) is 33.4 Å². The lowest BCUT2D eigenvalue weighted by molar-refractivity contribution is 0.122. The fourth-order valence-corrected chi connectivity index (χ4v) is 2.35. The van der Waals surface area contributed by atoms with Crippen LogP contribution in [-0.2, 0) is 0 Å². The van der Waals surface area contributed by atoms with Crippen LogP contribution in [0.1, 0.15) is 6.42 Å². The van der Waals surface area contributed by atoms with E-state index in [1.807, 2.05) is 24.3 Å². The normalized spacial score (nSPS) is 20.7. The first-order valence-corrected chi connectivity index (χ1v) is 6.42. The molecule has 0 aromatic heterocycles. The van der Waals surface area contributed by atoms with Gasteiger partial charge in [-0.2, -0.15) is 0 Å². The van der Waals surface area contributed by atoms with E-state index in [4.69, 9.17) is 9.47 Å². The Morgan fingerprint density at radius 3 is 2.78 bits per heavy atom. The molecule has 1 aromatic rings. The maximum atomic E-state index is 9.45. The molecule has 1 heterocycles. The van der Waals surface area contributed by atoms with E-state index in [2.05, 4.69) is 5.32 Å². The van der Waals surface area contributed by atoms with Crippen molar-refractivity contribution in [1.82, 2.24) is 5.32 Å². The highest BCUT2D eigenvalue weighted by Crippen LogP contribution is 2.27. The molecule has 0 amide bonds. The van der Waals surface area contributed by atoms with E-state index in [1.54, 1.807) is 7.11 Å². The highest BCUT2D eigenvalue weighted by atomic mass is 16.5. The van der Waals surface area contributed by atoms with E-state index >= 15 is 0 Å². The van der Waals surface area contributed by atoms with Crippen LogP contribution >= 0.6 is 0 Å². The van der Waals surface area contributed by atoms with E-state index in [1.165, 1.54) is 0 Å². The number of para-hydroxylation sites is 2. The topological polar surface area (TPSA) is 50.7 Å². The van der Waals surface area contributed by atoms with Crippen LogP contribution in [0.15, 0.2) is 24.3 Å². The van der Waals surface area contributed by atoms with Gasteiger partial charge in [0, 0.05) is 12.5 Å². The van der Waals surface area contributed by atoms with E-state index in [9.17, 15) is 5.11 Å². The van der Waals surface area contributed by atoms with Crippen LogP contribution in [0.3, 0.4) is 0 Å². The molecule has 1 aliphatic heterocycles. The summed E-state index contributed by atoms with van der Waals surface area (Å²) < 4.78 is 11.0. The number of aliphatic hydroxyl groups is 1. The van der Waals surface area contributed by atoms with E-state index in [0.717, 1.165) is 31.0 Å². The van der Waals surface area contributed by atoms with E-state index in [0.29, 0.717) is 12.5 Å². The molecule has 1 aliphatic rings. The molecule has 4 nitrogen and oxygen atoms in total. The van der Waals surface area contributed by atoms with Crippen molar-refractivity contribution < 1.29 is 14.6 Å². The molecular weight excluding hydrogens is 230 g/mol. The Hall–Kier alpha value is -1.26. The van der Waals surface area contributed by atoms with Crippen LogP contribution in [-0.4, -0.2) is 38.5 Å². The Balaban J connectivity index is 1.92. The summed E-state index contributed by atoms with van der Waals surface area (Å²) in [4.78, 5) is 0. The van der Waals surface area contributed by atoms with Gasteiger partial charge in [0.15, 0.2) is 11.5 Å². The second kappa shape index (κ2) is 6.61. The molecule has 0 radical (unpaired) electrons. The van der Waals surface area contributed by atoms with Crippen molar-refractivity contribution in [3.8, 4) is 11.5 Å². The van der Waals surface area contributed by atoms with Crippen molar-refractivity contribution in [2.24, 2.45) is 11.8 Å². The van der Waals surface area contributed by atoms with Crippen molar-refractivity contribution in [3.63, 3.8) is 0 Å². The second-order valence-corrected chi connectivity index (χ2v) is 4.66. The summed E-state index contributed by atoms with van der Waals surface area (Å²) in [5.41, 5.74) is 0. The van der Waals surface area contributed by atoms with Crippen LogP contribution in [0.5, 0.6) is 11.5 Å². The van der Waals surface area contributed by atoms with Crippen LogP contribution in [0, 0.1) is 11.8 Å².